The summed E-state index contributed by atoms with van der Waals surface area (Å²) in [5, 5.41) is 12.3. The fraction of sp³-hybridized carbons (Fsp3) is 0.393. The minimum Gasteiger partial charge on any atom is -0.480 e. The number of unbranched alkanes of at least 4 members (excludes halogenated alkanes) is 1. The first-order valence-electron chi connectivity index (χ1n) is 12.2. The van der Waals surface area contributed by atoms with Crippen molar-refractivity contribution in [2.45, 2.75) is 58.3 Å². The SMILES string of the molecule is CCCCC(OCc1ccc(C(=O)N[C@@H](CCSC)C(=O)O)c(-c2ccccc2C)c1)c1cncs1. The van der Waals surface area contributed by atoms with Gasteiger partial charge in [-0.05, 0) is 66.2 Å². The Balaban J connectivity index is 1.88. The van der Waals surface area contributed by atoms with Crippen molar-refractivity contribution < 1.29 is 19.4 Å². The van der Waals surface area contributed by atoms with Gasteiger partial charge in [-0.1, -0.05) is 50.1 Å². The van der Waals surface area contributed by atoms with Gasteiger partial charge in [0.25, 0.3) is 5.91 Å². The molecule has 3 aromatic rings. The first-order valence-corrected chi connectivity index (χ1v) is 14.4. The van der Waals surface area contributed by atoms with E-state index in [1.54, 1.807) is 29.2 Å². The van der Waals surface area contributed by atoms with Gasteiger partial charge in [0.05, 0.1) is 23.1 Å². The van der Waals surface area contributed by atoms with E-state index >= 15 is 0 Å². The maximum absolute atomic E-state index is 13.3. The first kappa shape index (κ1) is 27.9. The van der Waals surface area contributed by atoms with E-state index in [2.05, 4.69) is 17.2 Å². The zero-order valence-electron chi connectivity index (χ0n) is 21.0. The molecule has 0 aliphatic rings. The van der Waals surface area contributed by atoms with Crippen molar-refractivity contribution in [1.29, 1.82) is 0 Å². The lowest BCUT2D eigenvalue weighted by molar-refractivity contribution is -0.139. The molecule has 6 nitrogen and oxygen atoms in total. The molecule has 192 valence electrons. The highest BCUT2D eigenvalue weighted by atomic mass is 32.2. The molecule has 36 heavy (non-hydrogen) atoms. The number of aliphatic carboxylic acids is 1. The van der Waals surface area contributed by atoms with Gasteiger partial charge in [0.1, 0.15) is 6.04 Å². The number of carbonyl (C=O) groups is 2. The van der Waals surface area contributed by atoms with Crippen LogP contribution < -0.4 is 5.32 Å². The molecular weight excluding hydrogens is 492 g/mol. The fourth-order valence-electron chi connectivity index (χ4n) is 3.98. The van der Waals surface area contributed by atoms with E-state index in [0.29, 0.717) is 24.3 Å². The van der Waals surface area contributed by atoms with E-state index in [1.807, 2.05) is 61.3 Å². The average Bonchev–Trinajstić information content (AvgIpc) is 3.41. The van der Waals surface area contributed by atoms with E-state index in [9.17, 15) is 14.7 Å². The molecule has 0 fully saturated rings. The van der Waals surface area contributed by atoms with Crippen LogP contribution in [-0.4, -0.2) is 40.0 Å². The molecule has 0 aliphatic heterocycles. The summed E-state index contributed by atoms with van der Waals surface area (Å²) in [4.78, 5) is 30.3. The number of aromatic nitrogens is 1. The largest absolute Gasteiger partial charge is 0.480 e. The van der Waals surface area contributed by atoms with Crippen molar-refractivity contribution in [3.63, 3.8) is 0 Å². The molecule has 1 amide bonds. The Labute approximate surface area is 221 Å². The minimum atomic E-state index is -1.03. The number of thioether (sulfide) groups is 1. The van der Waals surface area contributed by atoms with Gasteiger partial charge in [-0.25, -0.2) is 4.79 Å². The summed E-state index contributed by atoms with van der Waals surface area (Å²) in [7, 11) is 0. The van der Waals surface area contributed by atoms with Crippen molar-refractivity contribution in [3.05, 3.63) is 75.7 Å². The highest BCUT2D eigenvalue weighted by Crippen LogP contribution is 2.31. The van der Waals surface area contributed by atoms with E-state index in [1.165, 1.54) is 0 Å². The van der Waals surface area contributed by atoms with Crippen LogP contribution in [0.2, 0.25) is 0 Å². The number of hydrogen-bond acceptors (Lipinski definition) is 6. The number of hydrogen-bond donors (Lipinski definition) is 2. The van der Waals surface area contributed by atoms with Crippen molar-refractivity contribution in [2.24, 2.45) is 0 Å². The molecular formula is C28H34N2O4S2. The van der Waals surface area contributed by atoms with Crippen LogP contribution in [0.1, 0.15) is 65.1 Å². The molecule has 0 saturated heterocycles. The summed E-state index contributed by atoms with van der Waals surface area (Å²) < 4.78 is 6.33. The summed E-state index contributed by atoms with van der Waals surface area (Å²) >= 11 is 3.15. The zero-order valence-corrected chi connectivity index (χ0v) is 22.7. The lowest BCUT2D eigenvalue weighted by Crippen LogP contribution is -2.41. The van der Waals surface area contributed by atoms with Crippen LogP contribution in [0.4, 0.5) is 0 Å². The number of nitrogens with zero attached hydrogens (tertiary/aromatic N) is 1. The summed E-state index contributed by atoms with van der Waals surface area (Å²) in [6, 6.07) is 12.6. The van der Waals surface area contributed by atoms with Crippen molar-refractivity contribution >= 4 is 35.0 Å². The number of ether oxygens (including phenoxy) is 1. The van der Waals surface area contributed by atoms with E-state index in [4.69, 9.17) is 4.74 Å². The van der Waals surface area contributed by atoms with Gasteiger partial charge >= 0.3 is 5.97 Å². The number of carbonyl (C=O) groups excluding carboxylic acids is 1. The predicted octanol–water partition coefficient (Wildman–Crippen LogP) is 6.50. The smallest absolute Gasteiger partial charge is 0.326 e. The van der Waals surface area contributed by atoms with E-state index < -0.39 is 12.0 Å². The average molecular weight is 527 g/mol. The topological polar surface area (TPSA) is 88.5 Å². The number of carboxylic acid groups (broad SMARTS) is 1. The van der Waals surface area contributed by atoms with Gasteiger partial charge < -0.3 is 15.2 Å². The second-order valence-electron chi connectivity index (χ2n) is 8.69. The predicted molar refractivity (Wildman–Crippen MR) is 148 cm³/mol. The van der Waals surface area contributed by atoms with Crippen molar-refractivity contribution in [3.8, 4) is 11.1 Å². The molecule has 0 radical (unpaired) electrons. The number of nitrogens with one attached hydrogen (secondary N) is 1. The third kappa shape index (κ3) is 7.66. The Morgan fingerprint density at radius 3 is 2.64 bits per heavy atom. The molecule has 0 saturated carbocycles. The molecule has 2 aromatic carbocycles. The molecule has 0 spiro atoms. The maximum Gasteiger partial charge on any atom is 0.326 e. The molecule has 1 aromatic heterocycles. The van der Waals surface area contributed by atoms with Crippen LogP contribution in [0.5, 0.6) is 0 Å². The van der Waals surface area contributed by atoms with Crippen molar-refractivity contribution in [1.82, 2.24) is 10.3 Å². The standard InChI is InChI=1S/C28H34N2O4S2/c1-4-5-10-25(26-16-29-18-36-26)34-17-20-11-12-22(23(15-20)21-9-7-6-8-19(21)2)27(31)30-24(28(32)33)13-14-35-3/h6-9,11-12,15-16,18,24-25H,4-5,10,13-14,17H2,1-3H3,(H,30,31)(H,32,33)/t24-,25?/m0/s1. The van der Waals surface area contributed by atoms with E-state index in [-0.39, 0.29) is 12.0 Å². The van der Waals surface area contributed by atoms with Gasteiger partial charge in [-0.3, -0.25) is 9.78 Å². The van der Waals surface area contributed by atoms with Gasteiger partial charge in [0.2, 0.25) is 0 Å². The second kappa shape index (κ2) is 14.2. The highest BCUT2D eigenvalue weighted by molar-refractivity contribution is 7.98. The molecule has 0 bridgehead atoms. The number of thiazole rings is 1. The van der Waals surface area contributed by atoms with Crippen LogP contribution in [0.3, 0.4) is 0 Å². The summed E-state index contributed by atoms with van der Waals surface area (Å²) in [6.07, 6.45) is 7.22. The monoisotopic (exact) mass is 526 g/mol. The Bertz CT molecular complexity index is 1130. The summed E-state index contributed by atoms with van der Waals surface area (Å²) in [5.41, 5.74) is 5.97. The second-order valence-corrected chi connectivity index (χ2v) is 10.6. The molecule has 8 heteroatoms. The van der Waals surface area contributed by atoms with Crippen LogP contribution >= 0.6 is 23.1 Å². The molecule has 0 aliphatic carbocycles. The Morgan fingerprint density at radius 1 is 1.17 bits per heavy atom. The van der Waals surface area contributed by atoms with Crippen LogP contribution in [0, 0.1) is 6.92 Å². The van der Waals surface area contributed by atoms with Crippen LogP contribution in [-0.2, 0) is 16.1 Å². The third-order valence-corrected chi connectivity index (χ3v) is 7.53. The van der Waals surface area contributed by atoms with Gasteiger partial charge in [0, 0.05) is 11.8 Å². The zero-order chi connectivity index (χ0) is 25.9. The lowest BCUT2D eigenvalue weighted by atomic mass is 9.93. The normalized spacial score (nSPS) is 12.8. The maximum atomic E-state index is 13.3. The number of amides is 1. The molecule has 2 N–H and O–H groups in total. The Hall–Kier alpha value is -2.68. The molecule has 1 heterocycles. The van der Waals surface area contributed by atoms with Gasteiger partial charge in [-0.2, -0.15) is 11.8 Å². The van der Waals surface area contributed by atoms with Crippen LogP contribution in [0.15, 0.2) is 54.2 Å². The van der Waals surface area contributed by atoms with Gasteiger partial charge in [0.15, 0.2) is 0 Å². The minimum absolute atomic E-state index is 0.0184. The van der Waals surface area contributed by atoms with Crippen molar-refractivity contribution in [2.75, 3.05) is 12.0 Å². The first-order chi connectivity index (χ1) is 17.4. The number of aryl methyl sites for hydroxylation is 1. The fourth-order valence-corrected chi connectivity index (χ4v) is 5.16. The summed E-state index contributed by atoms with van der Waals surface area (Å²) in [5.74, 6) is -0.766. The van der Waals surface area contributed by atoms with Crippen LogP contribution in [0.25, 0.3) is 11.1 Å². The molecule has 2 atom stereocenters. The molecule has 3 rings (SSSR count). The quantitative estimate of drug-likeness (QED) is 0.249. The number of rotatable bonds is 14. The number of benzene rings is 2. The van der Waals surface area contributed by atoms with E-state index in [0.717, 1.165) is 46.4 Å². The Morgan fingerprint density at radius 2 is 1.97 bits per heavy atom. The number of carboxylic acids is 1. The third-order valence-electron chi connectivity index (χ3n) is 6.02. The van der Waals surface area contributed by atoms with Gasteiger partial charge in [-0.15, -0.1) is 11.3 Å². The Kier molecular flexibility index (Phi) is 11.0. The highest BCUT2D eigenvalue weighted by Gasteiger charge is 2.23. The molecule has 1 unspecified atom stereocenters. The summed E-state index contributed by atoms with van der Waals surface area (Å²) in [6.45, 7) is 4.57. The lowest BCUT2D eigenvalue weighted by Gasteiger charge is -2.19.